The van der Waals surface area contributed by atoms with Gasteiger partial charge in [-0.1, -0.05) is 36.0 Å². The highest BCUT2D eigenvalue weighted by atomic mass is 32.2. The van der Waals surface area contributed by atoms with Gasteiger partial charge in [0.15, 0.2) is 0 Å². The molecule has 0 atom stereocenters. The normalized spacial score (nSPS) is 12.3. The van der Waals surface area contributed by atoms with Crippen molar-refractivity contribution in [3.05, 3.63) is 48.5 Å². The van der Waals surface area contributed by atoms with Crippen LogP contribution in [-0.2, 0) is 20.2 Å². The molecule has 0 bridgehead atoms. The van der Waals surface area contributed by atoms with Crippen LogP contribution in [-0.4, -0.2) is 25.9 Å². The summed E-state index contributed by atoms with van der Waals surface area (Å²) in [6.07, 6.45) is 0. The van der Waals surface area contributed by atoms with Gasteiger partial charge in [0.25, 0.3) is 20.2 Å². The second-order valence-electron chi connectivity index (χ2n) is 3.95. The minimum absolute atomic E-state index is 0.149. The summed E-state index contributed by atoms with van der Waals surface area (Å²) in [6, 6.07) is 11.2. The topological polar surface area (TPSA) is 109 Å². The third-order valence-corrected chi connectivity index (χ3v) is 5.71. The molecule has 0 aliphatic carbocycles. The highest BCUT2D eigenvalue weighted by Gasteiger charge is 2.19. The average Bonchev–Trinajstić information content (AvgIpc) is 2.37. The molecule has 0 amide bonds. The van der Waals surface area contributed by atoms with Gasteiger partial charge in [-0.3, -0.25) is 9.11 Å². The summed E-state index contributed by atoms with van der Waals surface area (Å²) in [6.45, 7) is 0. The molecule has 0 unspecified atom stereocenters. The Morgan fingerprint density at radius 3 is 1.33 bits per heavy atom. The van der Waals surface area contributed by atoms with E-state index >= 15 is 0 Å². The molecule has 0 heterocycles. The minimum Gasteiger partial charge on any atom is -0.282 e. The Hall–Kier alpha value is -1.39. The van der Waals surface area contributed by atoms with Gasteiger partial charge in [0.05, 0.1) is 0 Å². The molecule has 0 saturated carbocycles. The zero-order chi connectivity index (χ0) is 15.7. The zero-order valence-corrected chi connectivity index (χ0v) is 12.8. The summed E-state index contributed by atoms with van der Waals surface area (Å²) in [5, 5.41) is 0. The molecule has 112 valence electrons. The van der Waals surface area contributed by atoms with E-state index in [4.69, 9.17) is 9.11 Å². The molecule has 0 aliphatic rings. The molecule has 0 radical (unpaired) electrons. The van der Waals surface area contributed by atoms with E-state index in [1.165, 1.54) is 36.4 Å². The zero-order valence-electron chi connectivity index (χ0n) is 10.4. The Labute approximate surface area is 126 Å². The number of benzene rings is 2. The van der Waals surface area contributed by atoms with Gasteiger partial charge in [-0.15, -0.1) is 0 Å². The first-order valence-electron chi connectivity index (χ1n) is 5.50. The van der Waals surface area contributed by atoms with E-state index in [1.54, 1.807) is 12.1 Å². The van der Waals surface area contributed by atoms with Crippen molar-refractivity contribution in [3.63, 3.8) is 0 Å². The summed E-state index contributed by atoms with van der Waals surface area (Å²) in [7, 11) is -8.87. The highest BCUT2D eigenvalue weighted by Crippen LogP contribution is 2.36. The molecular weight excluding hydrogens is 336 g/mol. The summed E-state index contributed by atoms with van der Waals surface area (Å²) in [5.41, 5.74) is 0. The summed E-state index contributed by atoms with van der Waals surface area (Å²) in [4.78, 5) is -0.368. The quantitative estimate of drug-likeness (QED) is 0.818. The molecule has 6 nitrogen and oxygen atoms in total. The van der Waals surface area contributed by atoms with Crippen molar-refractivity contribution < 1.29 is 25.9 Å². The van der Waals surface area contributed by atoms with Crippen LogP contribution in [0.15, 0.2) is 68.1 Å². The SMILES string of the molecule is O=S(=O)(O)c1ccccc1Sc1ccccc1S(=O)(=O)O. The van der Waals surface area contributed by atoms with Crippen molar-refractivity contribution in [2.24, 2.45) is 0 Å². The highest BCUT2D eigenvalue weighted by molar-refractivity contribution is 8.00. The van der Waals surface area contributed by atoms with Crippen LogP contribution in [0.3, 0.4) is 0 Å². The molecule has 0 fully saturated rings. The lowest BCUT2D eigenvalue weighted by molar-refractivity contribution is 0.479. The van der Waals surface area contributed by atoms with Crippen molar-refractivity contribution in [2.75, 3.05) is 0 Å². The molecule has 2 aromatic rings. The third-order valence-electron chi connectivity index (χ3n) is 2.47. The monoisotopic (exact) mass is 346 g/mol. The Kier molecular flexibility index (Phi) is 4.40. The van der Waals surface area contributed by atoms with E-state index in [0.29, 0.717) is 0 Å². The van der Waals surface area contributed by atoms with E-state index in [-0.39, 0.29) is 19.6 Å². The Morgan fingerprint density at radius 1 is 0.667 bits per heavy atom. The van der Waals surface area contributed by atoms with Gasteiger partial charge in [-0.25, -0.2) is 0 Å². The standard InChI is InChI=1S/C12H10O6S3/c13-20(14,15)11-7-3-1-5-9(11)19-10-6-2-4-8-12(10)21(16,17)18/h1-8H,(H,13,14,15)(H,16,17,18). The van der Waals surface area contributed by atoms with Crippen molar-refractivity contribution in [1.29, 1.82) is 0 Å². The maximum absolute atomic E-state index is 11.3. The largest absolute Gasteiger partial charge is 0.295 e. The van der Waals surface area contributed by atoms with Gasteiger partial charge in [-0.2, -0.15) is 16.8 Å². The second-order valence-corrected chi connectivity index (χ2v) is 7.81. The van der Waals surface area contributed by atoms with Crippen LogP contribution in [0.1, 0.15) is 0 Å². The van der Waals surface area contributed by atoms with E-state index in [2.05, 4.69) is 0 Å². The van der Waals surface area contributed by atoms with Gasteiger partial charge in [0.1, 0.15) is 9.79 Å². The molecule has 2 rings (SSSR count). The minimum atomic E-state index is -4.43. The fourth-order valence-electron chi connectivity index (χ4n) is 1.61. The number of hydrogen-bond donors (Lipinski definition) is 2. The lowest BCUT2D eigenvalue weighted by Crippen LogP contribution is -2.02. The molecule has 2 N–H and O–H groups in total. The summed E-state index contributed by atoms with van der Waals surface area (Å²) in [5.74, 6) is 0. The first kappa shape index (κ1) is 16.0. The van der Waals surface area contributed by atoms with Crippen LogP contribution in [0.5, 0.6) is 0 Å². The van der Waals surface area contributed by atoms with E-state index in [0.717, 1.165) is 11.8 Å². The van der Waals surface area contributed by atoms with Crippen LogP contribution in [0.2, 0.25) is 0 Å². The van der Waals surface area contributed by atoms with Crippen LogP contribution in [0.25, 0.3) is 0 Å². The molecule has 21 heavy (non-hydrogen) atoms. The third kappa shape index (κ3) is 3.83. The predicted octanol–water partition coefficient (Wildman–Crippen LogP) is 2.33. The lowest BCUT2D eigenvalue weighted by atomic mass is 10.4. The van der Waals surface area contributed by atoms with E-state index in [1.807, 2.05) is 0 Å². The fraction of sp³-hybridized carbons (Fsp3) is 0. The van der Waals surface area contributed by atoms with Crippen LogP contribution >= 0.6 is 11.8 Å². The van der Waals surface area contributed by atoms with Gasteiger partial charge in [-0.05, 0) is 24.3 Å². The first-order valence-corrected chi connectivity index (χ1v) is 9.20. The number of hydrogen-bond acceptors (Lipinski definition) is 5. The Balaban J connectivity index is 2.56. The van der Waals surface area contributed by atoms with Crippen molar-refractivity contribution >= 4 is 32.0 Å². The molecule has 2 aromatic carbocycles. The van der Waals surface area contributed by atoms with E-state index < -0.39 is 20.2 Å². The smallest absolute Gasteiger partial charge is 0.282 e. The summed E-state index contributed by atoms with van der Waals surface area (Å²) < 4.78 is 63.5. The predicted molar refractivity (Wildman–Crippen MR) is 76.6 cm³/mol. The van der Waals surface area contributed by atoms with Crippen molar-refractivity contribution in [2.45, 2.75) is 19.6 Å². The Bertz CT molecular complexity index is 798. The van der Waals surface area contributed by atoms with Crippen LogP contribution in [0, 0.1) is 0 Å². The summed E-state index contributed by atoms with van der Waals surface area (Å²) >= 11 is 0.816. The molecular formula is C12H10O6S3. The van der Waals surface area contributed by atoms with Gasteiger partial charge in [0.2, 0.25) is 0 Å². The molecule has 0 saturated heterocycles. The molecule has 0 aromatic heterocycles. The van der Waals surface area contributed by atoms with Crippen molar-refractivity contribution in [3.8, 4) is 0 Å². The second kappa shape index (κ2) is 5.78. The van der Waals surface area contributed by atoms with Gasteiger partial charge < -0.3 is 0 Å². The fourth-order valence-corrected chi connectivity index (χ4v) is 4.51. The maximum atomic E-state index is 11.3. The van der Waals surface area contributed by atoms with E-state index in [9.17, 15) is 16.8 Å². The Morgan fingerprint density at radius 2 is 1.00 bits per heavy atom. The molecule has 0 aliphatic heterocycles. The molecule has 9 heteroatoms. The maximum Gasteiger partial charge on any atom is 0.295 e. The number of rotatable bonds is 4. The van der Waals surface area contributed by atoms with Crippen LogP contribution < -0.4 is 0 Å². The lowest BCUT2D eigenvalue weighted by Gasteiger charge is -2.09. The first-order chi connectivity index (χ1) is 9.69. The van der Waals surface area contributed by atoms with Crippen LogP contribution in [0.4, 0.5) is 0 Å². The average molecular weight is 346 g/mol. The van der Waals surface area contributed by atoms with Gasteiger partial charge >= 0.3 is 0 Å². The van der Waals surface area contributed by atoms with Gasteiger partial charge in [0, 0.05) is 9.79 Å². The van der Waals surface area contributed by atoms with Crippen molar-refractivity contribution in [1.82, 2.24) is 0 Å². The molecule has 0 spiro atoms.